The summed E-state index contributed by atoms with van der Waals surface area (Å²) in [5, 5.41) is 4.22. The lowest BCUT2D eigenvalue weighted by atomic mass is 9.88. The third kappa shape index (κ3) is 4.06. The molecule has 0 fully saturated rings. The highest BCUT2D eigenvalue weighted by Gasteiger charge is 2.29. The van der Waals surface area contributed by atoms with Crippen molar-refractivity contribution in [3.63, 3.8) is 0 Å². The number of carbonyl (C=O) groups excluding carboxylic acids is 1. The van der Waals surface area contributed by atoms with Gasteiger partial charge in [0, 0.05) is 30.0 Å². The summed E-state index contributed by atoms with van der Waals surface area (Å²) in [6.07, 6.45) is 1.06. The van der Waals surface area contributed by atoms with E-state index in [9.17, 15) is 9.18 Å². The van der Waals surface area contributed by atoms with Gasteiger partial charge in [-0.15, -0.1) is 0 Å². The molecule has 5 rings (SSSR count). The van der Waals surface area contributed by atoms with E-state index in [0.29, 0.717) is 31.7 Å². The molecule has 1 aliphatic heterocycles. The molecule has 1 amide bonds. The maximum atomic E-state index is 13.3. The quantitative estimate of drug-likeness (QED) is 0.418. The highest BCUT2D eigenvalue weighted by Crippen LogP contribution is 2.33. The van der Waals surface area contributed by atoms with Crippen molar-refractivity contribution in [2.24, 2.45) is 0 Å². The van der Waals surface area contributed by atoms with Gasteiger partial charge >= 0.3 is 0 Å². The number of hydrogen-bond acceptors (Lipinski definition) is 3. The van der Waals surface area contributed by atoms with Crippen molar-refractivity contribution in [3.8, 4) is 11.3 Å². The Morgan fingerprint density at radius 1 is 0.938 bits per heavy atom. The van der Waals surface area contributed by atoms with E-state index in [4.69, 9.17) is 4.52 Å². The fourth-order valence-electron chi connectivity index (χ4n) is 4.37. The van der Waals surface area contributed by atoms with Crippen LogP contribution < -0.4 is 0 Å². The maximum Gasteiger partial charge on any atom is 0.223 e. The smallest absolute Gasteiger partial charge is 0.223 e. The van der Waals surface area contributed by atoms with Crippen LogP contribution in [0.4, 0.5) is 4.39 Å². The fraction of sp³-hybridized carbons (Fsp3) is 0.185. The van der Waals surface area contributed by atoms with Gasteiger partial charge in [-0.2, -0.15) is 0 Å². The molecule has 0 unspecified atom stereocenters. The Morgan fingerprint density at radius 3 is 2.19 bits per heavy atom. The zero-order valence-electron chi connectivity index (χ0n) is 17.6. The van der Waals surface area contributed by atoms with E-state index in [-0.39, 0.29) is 17.6 Å². The first-order chi connectivity index (χ1) is 15.7. The van der Waals surface area contributed by atoms with Gasteiger partial charge in [-0.05, 0) is 41.8 Å². The largest absolute Gasteiger partial charge is 0.356 e. The molecule has 2 heterocycles. The van der Waals surface area contributed by atoms with Crippen LogP contribution in [0.3, 0.4) is 0 Å². The molecular formula is C27H23FN2O2. The Labute approximate surface area is 186 Å². The molecule has 1 aromatic heterocycles. The average Bonchev–Trinajstić information content (AvgIpc) is 3.27. The SMILES string of the molecule is O=C(CC(c1ccccc1)c1ccccc1)N1CCc2c(noc2-c2ccc(F)cc2)C1. The van der Waals surface area contributed by atoms with Gasteiger partial charge in [-0.25, -0.2) is 4.39 Å². The van der Waals surface area contributed by atoms with Gasteiger partial charge in [-0.3, -0.25) is 4.79 Å². The minimum atomic E-state index is -0.287. The normalized spacial score (nSPS) is 13.2. The first-order valence-electron chi connectivity index (χ1n) is 10.8. The Bertz CT molecular complexity index is 1160. The van der Waals surface area contributed by atoms with Crippen molar-refractivity contribution in [2.75, 3.05) is 6.54 Å². The summed E-state index contributed by atoms with van der Waals surface area (Å²) in [6, 6.07) is 26.5. The number of fused-ring (bicyclic) bond motifs is 1. The second-order valence-corrected chi connectivity index (χ2v) is 8.09. The number of halogens is 1. The molecule has 3 aromatic carbocycles. The molecule has 0 aliphatic carbocycles. The molecule has 160 valence electrons. The standard InChI is InChI=1S/C27H23FN2O2/c28-22-13-11-21(12-14-22)27-23-15-16-30(18-25(23)29-32-27)26(31)17-24(19-7-3-1-4-8-19)20-9-5-2-6-10-20/h1-14,24H,15-18H2. The lowest BCUT2D eigenvalue weighted by Gasteiger charge is -2.28. The highest BCUT2D eigenvalue weighted by molar-refractivity contribution is 5.78. The van der Waals surface area contributed by atoms with Crippen LogP contribution in [0.1, 0.15) is 34.7 Å². The van der Waals surface area contributed by atoms with Crippen LogP contribution in [-0.2, 0) is 17.8 Å². The molecule has 0 spiro atoms. The van der Waals surface area contributed by atoms with E-state index in [1.54, 1.807) is 12.1 Å². The summed E-state index contributed by atoms with van der Waals surface area (Å²) in [6.45, 7) is 1.03. The fourth-order valence-corrected chi connectivity index (χ4v) is 4.37. The van der Waals surface area contributed by atoms with Crippen molar-refractivity contribution >= 4 is 5.91 Å². The van der Waals surface area contributed by atoms with E-state index in [2.05, 4.69) is 29.4 Å². The molecule has 4 aromatic rings. The molecule has 0 N–H and O–H groups in total. The van der Waals surface area contributed by atoms with Crippen molar-refractivity contribution < 1.29 is 13.7 Å². The summed E-state index contributed by atoms with van der Waals surface area (Å²) >= 11 is 0. The van der Waals surface area contributed by atoms with Gasteiger partial charge in [0.25, 0.3) is 0 Å². The molecule has 0 bridgehead atoms. The van der Waals surface area contributed by atoms with Crippen LogP contribution >= 0.6 is 0 Å². The summed E-state index contributed by atoms with van der Waals surface area (Å²) in [7, 11) is 0. The third-order valence-corrected chi connectivity index (χ3v) is 6.08. The lowest BCUT2D eigenvalue weighted by Crippen LogP contribution is -2.36. The van der Waals surface area contributed by atoms with Crippen molar-refractivity contribution in [1.29, 1.82) is 0 Å². The van der Waals surface area contributed by atoms with Crippen LogP contribution in [0.25, 0.3) is 11.3 Å². The minimum absolute atomic E-state index is 0.00150. The first kappa shape index (κ1) is 20.2. The summed E-state index contributed by atoms with van der Waals surface area (Å²) in [4.78, 5) is 15.2. The predicted octanol–water partition coefficient (Wildman–Crippen LogP) is 5.59. The number of carbonyl (C=O) groups is 1. The number of aromatic nitrogens is 1. The van der Waals surface area contributed by atoms with Crippen LogP contribution in [0.5, 0.6) is 0 Å². The molecule has 0 radical (unpaired) electrons. The Balaban J connectivity index is 1.35. The van der Waals surface area contributed by atoms with Crippen molar-refractivity contribution in [1.82, 2.24) is 10.1 Å². The summed E-state index contributed by atoms with van der Waals surface area (Å²) in [5.74, 6) is 0.474. The predicted molar refractivity (Wildman–Crippen MR) is 120 cm³/mol. The Morgan fingerprint density at radius 2 is 1.56 bits per heavy atom. The number of nitrogens with zero attached hydrogens (tertiary/aromatic N) is 2. The van der Waals surface area contributed by atoms with Gasteiger partial charge in [0.1, 0.15) is 11.5 Å². The van der Waals surface area contributed by atoms with E-state index >= 15 is 0 Å². The zero-order chi connectivity index (χ0) is 21.9. The molecule has 32 heavy (non-hydrogen) atoms. The van der Waals surface area contributed by atoms with Gasteiger partial charge in [-0.1, -0.05) is 65.8 Å². The monoisotopic (exact) mass is 426 g/mol. The maximum absolute atomic E-state index is 13.3. The van der Waals surface area contributed by atoms with E-state index in [1.165, 1.54) is 12.1 Å². The molecule has 4 nitrogen and oxygen atoms in total. The third-order valence-electron chi connectivity index (χ3n) is 6.08. The molecule has 1 aliphatic rings. The van der Waals surface area contributed by atoms with E-state index < -0.39 is 0 Å². The van der Waals surface area contributed by atoms with Gasteiger partial charge in [0.2, 0.25) is 5.91 Å². The van der Waals surface area contributed by atoms with Crippen LogP contribution in [0.2, 0.25) is 0 Å². The molecule has 5 heteroatoms. The second-order valence-electron chi connectivity index (χ2n) is 8.09. The molecule has 0 atom stereocenters. The first-order valence-corrected chi connectivity index (χ1v) is 10.8. The molecule has 0 saturated heterocycles. The van der Waals surface area contributed by atoms with Gasteiger partial charge < -0.3 is 9.42 Å². The molecular weight excluding hydrogens is 403 g/mol. The van der Waals surface area contributed by atoms with Crippen molar-refractivity contribution in [2.45, 2.75) is 25.3 Å². The minimum Gasteiger partial charge on any atom is -0.356 e. The number of rotatable bonds is 5. The highest BCUT2D eigenvalue weighted by atomic mass is 19.1. The van der Waals surface area contributed by atoms with E-state index in [0.717, 1.165) is 27.9 Å². The summed E-state index contributed by atoms with van der Waals surface area (Å²) < 4.78 is 18.8. The topological polar surface area (TPSA) is 46.3 Å². The molecule has 0 saturated carbocycles. The lowest BCUT2D eigenvalue weighted by molar-refractivity contribution is -0.132. The zero-order valence-corrected chi connectivity index (χ0v) is 17.6. The number of benzene rings is 3. The van der Waals surface area contributed by atoms with Crippen LogP contribution in [-0.4, -0.2) is 22.5 Å². The number of hydrogen-bond donors (Lipinski definition) is 0. The van der Waals surface area contributed by atoms with Gasteiger partial charge in [0.05, 0.1) is 6.54 Å². The Hall–Kier alpha value is -3.73. The average molecular weight is 426 g/mol. The number of amides is 1. The van der Waals surface area contributed by atoms with Crippen LogP contribution in [0.15, 0.2) is 89.5 Å². The van der Waals surface area contributed by atoms with Gasteiger partial charge in [0.15, 0.2) is 5.76 Å². The van der Waals surface area contributed by atoms with E-state index in [1.807, 2.05) is 41.3 Å². The van der Waals surface area contributed by atoms with Crippen molar-refractivity contribution in [3.05, 3.63) is 113 Å². The van der Waals surface area contributed by atoms with Crippen LogP contribution in [0, 0.1) is 5.82 Å². The Kier molecular flexibility index (Phi) is 5.55. The second kappa shape index (κ2) is 8.79. The summed E-state index contributed by atoms with van der Waals surface area (Å²) in [5.41, 5.74) is 4.84.